The fourth-order valence-corrected chi connectivity index (χ4v) is 4.19. The summed E-state index contributed by atoms with van der Waals surface area (Å²) in [5, 5.41) is 5.67. The van der Waals surface area contributed by atoms with Crippen molar-refractivity contribution in [3.05, 3.63) is 24.3 Å². The highest BCUT2D eigenvalue weighted by molar-refractivity contribution is 6.35. The predicted octanol–water partition coefficient (Wildman–Crippen LogP) is 1.77. The number of para-hydroxylation sites is 2. The Morgan fingerprint density at radius 3 is 2.38 bits per heavy atom. The zero-order chi connectivity index (χ0) is 20.5. The van der Waals surface area contributed by atoms with E-state index in [1.165, 1.54) is 12.8 Å². The van der Waals surface area contributed by atoms with Crippen LogP contribution in [-0.2, 0) is 9.59 Å². The SMILES string of the molecule is COc1ccccc1N1CCN(CCNC(=O)C(=O)NC2CCCCCC2)CC1. The highest BCUT2D eigenvalue weighted by Crippen LogP contribution is 2.28. The number of hydrogen-bond donors (Lipinski definition) is 2. The molecule has 0 radical (unpaired) electrons. The van der Waals surface area contributed by atoms with Gasteiger partial charge in [0.05, 0.1) is 12.8 Å². The summed E-state index contributed by atoms with van der Waals surface area (Å²) >= 11 is 0. The highest BCUT2D eigenvalue weighted by Gasteiger charge is 2.21. The topological polar surface area (TPSA) is 73.9 Å². The maximum Gasteiger partial charge on any atom is 0.309 e. The third-order valence-electron chi connectivity index (χ3n) is 5.91. The Kier molecular flexibility index (Phi) is 8.16. The van der Waals surface area contributed by atoms with E-state index in [1.54, 1.807) is 7.11 Å². The predicted molar refractivity (Wildman–Crippen MR) is 114 cm³/mol. The first-order valence-corrected chi connectivity index (χ1v) is 10.9. The van der Waals surface area contributed by atoms with E-state index in [-0.39, 0.29) is 6.04 Å². The van der Waals surface area contributed by atoms with E-state index in [0.717, 1.165) is 69.8 Å². The molecular formula is C22H34N4O3. The van der Waals surface area contributed by atoms with Gasteiger partial charge in [-0.25, -0.2) is 0 Å². The number of carbonyl (C=O) groups excluding carboxylic acids is 2. The molecule has 0 spiro atoms. The molecule has 29 heavy (non-hydrogen) atoms. The van der Waals surface area contributed by atoms with Crippen molar-refractivity contribution < 1.29 is 14.3 Å². The molecule has 2 N–H and O–H groups in total. The summed E-state index contributed by atoms with van der Waals surface area (Å²) in [5.74, 6) is -0.104. The zero-order valence-electron chi connectivity index (χ0n) is 17.5. The second-order valence-corrected chi connectivity index (χ2v) is 7.92. The van der Waals surface area contributed by atoms with E-state index in [2.05, 4.69) is 26.5 Å². The van der Waals surface area contributed by atoms with E-state index >= 15 is 0 Å². The smallest absolute Gasteiger partial charge is 0.309 e. The van der Waals surface area contributed by atoms with Crippen molar-refractivity contribution in [2.75, 3.05) is 51.3 Å². The number of nitrogens with zero attached hydrogens (tertiary/aromatic N) is 2. The van der Waals surface area contributed by atoms with Crippen LogP contribution in [0.5, 0.6) is 5.75 Å². The molecule has 2 fully saturated rings. The number of amides is 2. The van der Waals surface area contributed by atoms with Gasteiger partial charge in [-0.2, -0.15) is 0 Å². The van der Waals surface area contributed by atoms with Gasteiger partial charge in [-0.15, -0.1) is 0 Å². The minimum absolute atomic E-state index is 0.152. The van der Waals surface area contributed by atoms with Crippen molar-refractivity contribution in [3.63, 3.8) is 0 Å². The lowest BCUT2D eigenvalue weighted by atomic mass is 10.1. The molecular weight excluding hydrogens is 368 g/mol. The lowest BCUT2D eigenvalue weighted by Gasteiger charge is -2.36. The summed E-state index contributed by atoms with van der Waals surface area (Å²) < 4.78 is 5.46. The van der Waals surface area contributed by atoms with Crippen LogP contribution in [0.2, 0.25) is 0 Å². The first-order chi connectivity index (χ1) is 14.2. The van der Waals surface area contributed by atoms with Crippen molar-refractivity contribution in [1.82, 2.24) is 15.5 Å². The fourth-order valence-electron chi connectivity index (χ4n) is 4.19. The Morgan fingerprint density at radius 2 is 1.69 bits per heavy atom. The van der Waals surface area contributed by atoms with Crippen LogP contribution >= 0.6 is 0 Å². The van der Waals surface area contributed by atoms with Crippen LogP contribution in [0.3, 0.4) is 0 Å². The molecule has 1 aromatic carbocycles. The molecule has 0 aromatic heterocycles. The Labute approximate surface area is 173 Å². The largest absolute Gasteiger partial charge is 0.495 e. The van der Waals surface area contributed by atoms with Crippen molar-refractivity contribution in [2.45, 2.75) is 44.6 Å². The monoisotopic (exact) mass is 402 g/mol. The van der Waals surface area contributed by atoms with Crippen LogP contribution < -0.4 is 20.3 Å². The molecule has 1 saturated heterocycles. The molecule has 1 saturated carbocycles. The number of piperazine rings is 1. The number of rotatable bonds is 6. The Hall–Kier alpha value is -2.28. The summed E-state index contributed by atoms with van der Waals surface area (Å²) in [6, 6.07) is 8.23. The molecule has 1 aliphatic carbocycles. The summed E-state index contributed by atoms with van der Waals surface area (Å²) in [6.07, 6.45) is 6.68. The summed E-state index contributed by atoms with van der Waals surface area (Å²) in [7, 11) is 1.70. The molecule has 1 aromatic rings. The van der Waals surface area contributed by atoms with Crippen molar-refractivity contribution >= 4 is 17.5 Å². The summed E-state index contributed by atoms with van der Waals surface area (Å²) in [4.78, 5) is 28.8. The van der Waals surface area contributed by atoms with Gasteiger partial charge in [0.25, 0.3) is 0 Å². The lowest BCUT2D eigenvalue weighted by molar-refractivity contribution is -0.139. The van der Waals surface area contributed by atoms with Crippen molar-refractivity contribution in [1.29, 1.82) is 0 Å². The van der Waals surface area contributed by atoms with Crippen LogP contribution in [0.15, 0.2) is 24.3 Å². The molecule has 2 amide bonds. The maximum absolute atomic E-state index is 12.1. The summed E-state index contributed by atoms with van der Waals surface area (Å²) in [6.45, 7) is 4.91. The van der Waals surface area contributed by atoms with Gasteiger partial charge >= 0.3 is 11.8 Å². The van der Waals surface area contributed by atoms with Crippen LogP contribution in [0, 0.1) is 0 Å². The molecule has 0 atom stereocenters. The van der Waals surface area contributed by atoms with Crippen molar-refractivity contribution in [2.24, 2.45) is 0 Å². The molecule has 7 nitrogen and oxygen atoms in total. The molecule has 0 bridgehead atoms. The third kappa shape index (κ3) is 6.35. The first kappa shape index (κ1) is 21.4. The lowest BCUT2D eigenvalue weighted by Crippen LogP contribution is -2.50. The molecule has 3 rings (SSSR count). The van der Waals surface area contributed by atoms with E-state index in [0.29, 0.717) is 6.54 Å². The van der Waals surface area contributed by atoms with Gasteiger partial charge in [-0.05, 0) is 25.0 Å². The number of ether oxygens (including phenoxy) is 1. The van der Waals surface area contributed by atoms with Gasteiger partial charge < -0.3 is 20.3 Å². The third-order valence-corrected chi connectivity index (χ3v) is 5.91. The van der Waals surface area contributed by atoms with Gasteiger partial charge in [0.15, 0.2) is 0 Å². The number of carbonyl (C=O) groups is 2. The Morgan fingerprint density at radius 1 is 1.00 bits per heavy atom. The van der Waals surface area contributed by atoms with Gasteiger partial charge in [-0.3, -0.25) is 14.5 Å². The normalized spacial score (nSPS) is 18.7. The quantitative estimate of drug-likeness (QED) is 0.560. The van der Waals surface area contributed by atoms with Gasteiger partial charge in [0.1, 0.15) is 5.75 Å². The molecule has 1 heterocycles. The van der Waals surface area contributed by atoms with E-state index in [9.17, 15) is 9.59 Å². The standard InChI is InChI=1S/C22H34N4O3/c1-29-20-11-7-6-10-19(20)26-16-14-25(15-17-26)13-12-23-21(27)22(28)24-18-8-4-2-3-5-9-18/h6-7,10-11,18H,2-5,8-9,12-17H2,1H3,(H,23,27)(H,24,28). The molecule has 1 aliphatic heterocycles. The van der Waals surface area contributed by atoms with Crippen LogP contribution in [0.1, 0.15) is 38.5 Å². The van der Waals surface area contributed by atoms with E-state index in [1.807, 2.05) is 18.2 Å². The van der Waals surface area contributed by atoms with Gasteiger partial charge in [0.2, 0.25) is 0 Å². The second-order valence-electron chi connectivity index (χ2n) is 7.92. The number of benzene rings is 1. The highest BCUT2D eigenvalue weighted by atomic mass is 16.5. The Bertz CT molecular complexity index is 666. The van der Waals surface area contributed by atoms with Gasteiger partial charge in [0, 0.05) is 45.3 Å². The minimum atomic E-state index is -0.512. The average Bonchev–Trinajstić information content (AvgIpc) is 3.02. The molecule has 0 unspecified atom stereocenters. The van der Waals surface area contributed by atoms with Crippen molar-refractivity contribution in [3.8, 4) is 5.75 Å². The number of nitrogens with one attached hydrogen (secondary N) is 2. The van der Waals surface area contributed by atoms with E-state index < -0.39 is 11.8 Å². The second kappa shape index (κ2) is 11.0. The minimum Gasteiger partial charge on any atom is -0.495 e. The number of methoxy groups -OCH3 is 1. The Balaban J connectivity index is 1.35. The molecule has 7 heteroatoms. The summed E-state index contributed by atoms with van der Waals surface area (Å²) in [5.41, 5.74) is 1.12. The maximum atomic E-state index is 12.1. The zero-order valence-corrected chi connectivity index (χ0v) is 17.5. The molecule has 2 aliphatic rings. The number of anilines is 1. The van der Waals surface area contributed by atoms with Crippen LogP contribution in [0.25, 0.3) is 0 Å². The van der Waals surface area contributed by atoms with E-state index in [4.69, 9.17) is 4.74 Å². The number of hydrogen-bond acceptors (Lipinski definition) is 5. The average molecular weight is 403 g/mol. The molecule has 160 valence electrons. The fraction of sp³-hybridized carbons (Fsp3) is 0.636. The van der Waals surface area contributed by atoms with Crippen LogP contribution in [0.4, 0.5) is 5.69 Å². The first-order valence-electron chi connectivity index (χ1n) is 10.9. The van der Waals surface area contributed by atoms with Gasteiger partial charge in [-0.1, -0.05) is 37.8 Å². The van der Waals surface area contributed by atoms with Crippen LogP contribution in [-0.4, -0.2) is 69.1 Å².